The third kappa shape index (κ3) is 3.50. The lowest BCUT2D eigenvalue weighted by Crippen LogP contribution is -2.19. The summed E-state index contributed by atoms with van der Waals surface area (Å²) in [4.78, 5) is 0. The van der Waals surface area contributed by atoms with Gasteiger partial charge in [0, 0.05) is 4.47 Å². The largest absolute Gasteiger partial charge is 0.490 e. The summed E-state index contributed by atoms with van der Waals surface area (Å²) in [5.74, 6) is 0.977. The van der Waals surface area contributed by atoms with Gasteiger partial charge in [-0.2, -0.15) is 0 Å². The number of hydrogen-bond donors (Lipinski definition) is 1. The molecule has 0 aliphatic carbocycles. The van der Waals surface area contributed by atoms with Crippen molar-refractivity contribution in [2.45, 2.75) is 25.4 Å². The smallest absolute Gasteiger partial charge is 0.119 e. The summed E-state index contributed by atoms with van der Waals surface area (Å²) >= 11 is 3.42. The van der Waals surface area contributed by atoms with Crippen LogP contribution < -0.4 is 10.1 Å². The van der Waals surface area contributed by atoms with E-state index in [9.17, 15) is 0 Å². The molecular formula is C12H16BrNO. The Morgan fingerprint density at radius 2 is 1.93 bits per heavy atom. The summed E-state index contributed by atoms with van der Waals surface area (Å²) in [6, 6.07) is 8.07. The van der Waals surface area contributed by atoms with Crippen LogP contribution in [-0.4, -0.2) is 19.2 Å². The van der Waals surface area contributed by atoms with E-state index in [4.69, 9.17) is 4.74 Å². The zero-order valence-corrected chi connectivity index (χ0v) is 10.3. The van der Waals surface area contributed by atoms with Crippen molar-refractivity contribution >= 4 is 15.9 Å². The second-order valence-electron chi connectivity index (χ2n) is 3.87. The molecule has 0 aromatic heterocycles. The molecule has 1 saturated heterocycles. The summed E-state index contributed by atoms with van der Waals surface area (Å²) in [6.45, 7) is 2.20. The van der Waals surface area contributed by atoms with Crippen LogP contribution in [0.2, 0.25) is 0 Å². The van der Waals surface area contributed by atoms with Crippen molar-refractivity contribution < 1.29 is 4.74 Å². The quantitative estimate of drug-likeness (QED) is 0.892. The average molecular weight is 270 g/mol. The molecule has 1 aliphatic rings. The van der Waals surface area contributed by atoms with Gasteiger partial charge in [0.05, 0.1) is 6.10 Å². The van der Waals surface area contributed by atoms with E-state index in [-0.39, 0.29) is 0 Å². The molecule has 1 N–H and O–H groups in total. The lowest BCUT2D eigenvalue weighted by Gasteiger charge is -2.16. The van der Waals surface area contributed by atoms with Gasteiger partial charge in [-0.15, -0.1) is 0 Å². The number of halogens is 1. The number of rotatable bonds is 2. The third-order valence-electron chi connectivity index (χ3n) is 2.64. The highest BCUT2D eigenvalue weighted by atomic mass is 79.9. The van der Waals surface area contributed by atoms with E-state index in [2.05, 4.69) is 21.2 Å². The van der Waals surface area contributed by atoms with E-state index in [0.717, 1.165) is 36.2 Å². The van der Waals surface area contributed by atoms with E-state index < -0.39 is 0 Å². The lowest BCUT2D eigenvalue weighted by atomic mass is 10.1. The van der Waals surface area contributed by atoms with Gasteiger partial charge in [0.15, 0.2) is 0 Å². The molecule has 0 saturated carbocycles. The van der Waals surface area contributed by atoms with Crippen molar-refractivity contribution in [3.05, 3.63) is 28.7 Å². The van der Waals surface area contributed by atoms with E-state index >= 15 is 0 Å². The molecule has 0 amide bonds. The lowest BCUT2D eigenvalue weighted by molar-refractivity contribution is 0.187. The first-order valence-electron chi connectivity index (χ1n) is 5.47. The van der Waals surface area contributed by atoms with Gasteiger partial charge < -0.3 is 10.1 Å². The van der Waals surface area contributed by atoms with Crippen LogP contribution in [0.15, 0.2) is 28.7 Å². The summed E-state index contributed by atoms with van der Waals surface area (Å²) in [5.41, 5.74) is 0. The van der Waals surface area contributed by atoms with Gasteiger partial charge >= 0.3 is 0 Å². The van der Waals surface area contributed by atoms with Crippen LogP contribution in [0, 0.1) is 0 Å². The molecule has 0 radical (unpaired) electrons. The molecule has 3 heteroatoms. The molecule has 1 aromatic rings. The average Bonchev–Trinajstić information content (AvgIpc) is 2.50. The van der Waals surface area contributed by atoms with Gasteiger partial charge in [0.1, 0.15) is 5.75 Å². The molecule has 82 valence electrons. The van der Waals surface area contributed by atoms with Gasteiger partial charge in [0.2, 0.25) is 0 Å². The Balaban J connectivity index is 1.92. The third-order valence-corrected chi connectivity index (χ3v) is 3.17. The van der Waals surface area contributed by atoms with E-state index in [1.54, 1.807) is 0 Å². The van der Waals surface area contributed by atoms with Crippen LogP contribution in [0.4, 0.5) is 0 Å². The van der Waals surface area contributed by atoms with Crippen molar-refractivity contribution in [2.75, 3.05) is 13.1 Å². The monoisotopic (exact) mass is 269 g/mol. The van der Waals surface area contributed by atoms with E-state index in [1.807, 2.05) is 24.3 Å². The Kier molecular flexibility index (Phi) is 4.03. The molecule has 2 nitrogen and oxygen atoms in total. The first kappa shape index (κ1) is 11.0. The van der Waals surface area contributed by atoms with Gasteiger partial charge in [-0.25, -0.2) is 0 Å². The SMILES string of the molecule is Brc1ccc(O[C@@H]2CCCNCC2)cc1. The normalized spacial score (nSPS) is 22.1. The Bertz CT molecular complexity index is 291. The molecule has 1 heterocycles. The fourth-order valence-electron chi connectivity index (χ4n) is 1.81. The molecule has 1 fully saturated rings. The van der Waals surface area contributed by atoms with Crippen molar-refractivity contribution in [1.29, 1.82) is 0 Å². The second kappa shape index (κ2) is 5.52. The number of nitrogens with one attached hydrogen (secondary N) is 1. The molecule has 15 heavy (non-hydrogen) atoms. The molecule has 1 aliphatic heterocycles. The molecular weight excluding hydrogens is 254 g/mol. The Morgan fingerprint density at radius 1 is 1.13 bits per heavy atom. The number of ether oxygens (including phenoxy) is 1. The van der Waals surface area contributed by atoms with Gasteiger partial charge in [-0.05, 0) is 56.6 Å². The maximum atomic E-state index is 5.93. The Hall–Kier alpha value is -0.540. The maximum absolute atomic E-state index is 5.93. The number of hydrogen-bond acceptors (Lipinski definition) is 2. The Labute approximate surface area is 99.1 Å². The fraction of sp³-hybridized carbons (Fsp3) is 0.500. The summed E-state index contributed by atoms with van der Waals surface area (Å²) in [5, 5.41) is 3.38. The molecule has 0 bridgehead atoms. The Morgan fingerprint density at radius 3 is 2.73 bits per heavy atom. The van der Waals surface area contributed by atoms with Crippen LogP contribution in [0.1, 0.15) is 19.3 Å². The second-order valence-corrected chi connectivity index (χ2v) is 4.79. The van der Waals surface area contributed by atoms with Crippen LogP contribution >= 0.6 is 15.9 Å². The predicted octanol–water partition coefficient (Wildman–Crippen LogP) is 2.97. The first-order chi connectivity index (χ1) is 7.34. The van der Waals surface area contributed by atoms with Crippen LogP contribution in [0.3, 0.4) is 0 Å². The van der Waals surface area contributed by atoms with Crippen LogP contribution in [0.25, 0.3) is 0 Å². The molecule has 1 atom stereocenters. The van der Waals surface area contributed by atoms with Gasteiger partial charge in [-0.1, -0.05) is 15.9 Å². The van der Waals surface area contributed by atoms with E-state index in [0.29, 0.717) is 6.10 Å². The highest BCUT2D eigenvalue weighted by molar-refractivity contribution is 9.10. The van der Waals surface area contributed by atoms with Crippen LogP contribution in [-0.2, 0) is 0 Å². The highest BCUT2D eigenvalue weighted by Crippen LogP contribution is 2.20. The van der Waals surface area contributed by atoms with Crippen molar-refractivity contribution in [3.8, 4) is 5.75 Å². The van der Waals surface area contributed by atoms with Crippen molar-refractivity contribution in [1.82, 2.24) is 5.32 Å². The van der Waals surface area contributed by atoms with Crippen LogP contribution in [0.5, 0.6) is 5.75 Å². The number of benzene rings is 1. The summed E-state index contributed by atoms with van der Waals surface area (Å²) in [6.07, 6.45) is 3.85. The molecule has 1 aromatic carbocycles. The zero-order chi connectivity index (χ0) is 10.5. The first-order valence-corrected chi connectivity index (χ1v) is 6.27. The molecule has 0 spiro atoms. The molecule has 0 unspecified atom stereocenters. The maximum Gasteiger partial charge on any atom is 0.119 e. The fourth-order valence-corrected chi connectivity index (χ4v) is 2.07. The minimum absolute atomic E-state index is 0.376. The van der Waals surface area contributed by atoms with E-state index in [1.165, 1.54) is 6.42 Å². The topological polar surface area (TPSA) is 21.3 Å². The highest BCUT2D eigenvalue weighted by Gasteiger charge is 2.12. The predicted molar refractivity (Wildman–Crippen MR) is 65.3 cm³/mol. The molecule has 2 rings (SSSR count). The summed E-state index contributed by atoms with van der Waals surface area (Å²) < 4.78 is 7.02. The van der Waals surface area contributed by atoms with Gasteiger partial charge in [0.25, 0.3) is 0 Å². The summed E-state index contributed by atoms with van der Waals surface area (Å²) in [7, 11) is 0. The minimum atomic E-state index is 0.376. The van der Waals surface area contributed by atoms with Gasteiger partial charge in [-0.3, -0.25) is 0 Å². The van der Waals surface area contributed by atoms with Crippen molar-refractivity contribution in [3.63, 3.8) is 0 Å². The zero-order valence-electron chi connectivity index (χ0n) is 8.71. The van der Waals surface area contributed by atoms with Crippen molar-refractivity contribution in [2.24, 2.45) is 0 Å². The standard InChI is InChI=1S/C12H16BrNO/c13-10-3-5-12(6-4-10)15-11-2-1-8-14-9-7-11/h3-6,11,14H,1-2,7-9H2/t11-/m1/s1. The minimum Gasteiger partial charge on any atom is -0.490 e.